The van der Waals surface area contributed by atoms with Crippen molar-refractivity contribution in [3.05, 3.63) is 0 Å². The Kier molecular flexibility index (Phi) is 3.34. The highest BCUT2D eigenvalue weighted by molar-refractivity contribution is 4.80. The van der Waals surface area contributed by atoms with Crippen molar-refractivity contribution in [3.8, 4) is 0 Å². The predicted molar refractivity (Wildman–Crippen MR) is 46.4 cm³/mol. The summed E-state index contributed by atoms with van der Waals surface area (Å²) >= 11 is 0. The predicted octanol–water partition coefficient (Wildman–Crippen LogP) is 1.40. The molecular formula is C9H19NO. The lowest BCUT2D eigenvalue weighted by Crippen LogP contribution is -2.37. The number of ether oxygens (including phenoxy) is 1. The molecular weight excluding hydrogens is 138 g/mol. The molecule has 1 rings (SSSR count). The summed E-state index contributed by atoms with van der Waals surface area (Å²) in [6, 6.07) is 0.381. The van der Waals surface area contributed by atoms with Crippen molar-refractivity contribution in [3.63, 3.8) is 0 Å². The molecule has 0 aromatic heterocycles. The van der Waals surface area contributed by atoms with E-state index in [-0.39, 0.29) is 0 Å². The van der Waals surface area contributed by atoms with Gasteiger partial charge in [0.05, 0.1) is 6.61 Å². The number of hydrogen-bond acceptors (Lipinski definition) is 2. The Labute approximate surface area is 69.1 Å². The molecule has 1 saturated carbocycles. The lowest BCUT2D eigenvalue weighted by atomic mass is 9.80. The van der Waals surface area contributed by atoms with Crippen LogP contribution in [0.15, 0.2) is 0 Å². The van der Waals surface area contributed by atoms with Gasteiger partial charge in [-0.05, 0) is 31.1 Å². The van der Waals surface area contributed by atoms with E-state index in [1.165, 1.54) is 19.3 Å². The van der Waals surface area contributed by atoms with Crippen LogP contribution in [0.4, 0.5) is 0 Å². The molecule has 11 heavy (non-hydrogen) atoms. The first kappa shape index (κ1) is 9.01. The number of methoxy groups -OCH3 is 1. The van der Waals surface area contributed by atoms with Gasteiger partial charge in [0.25, 0.3) is 0 Å². The van der Waals surface area contributed by atoms with Crippen LogP contribution in [0.5, 0.6) is 0 Å². The molecule has 0 spiro atoms. The average molecular weight is 157 g/mol. The fourth-order valence-corrected chi connectivity index (χ4v) is 1.93. The first-order valence-electron chi connectivity index (χ1n) is 4.48. The first-order valence-corrected chi connectivity index (χ1v) is 4.48. The standard InChI is InChI=1S/C9H19NO/c1-7-3-4-9(10)8(5-7)6-11-2/h7-9H,3-6,10H2,1-2H3. The minimum absolute atomic E-state index is 0.381. The van der Waals surface area contributed by atoms with Crippen molar-refractivity contribution in [1.29, 1.82) is 0 Å². The third-order valence-corrected chi connectivity index (χ3v) is 2.68. The third-order valence-electron chi connectivity index (χ3n) is 2.68. The molecule has 0 bridgehead atoms. The normalized spacial score (nSPS) is 39.0. The number of nitrogens with two attached hydrogens (primary N) is 1. The molecule has 66 valence electrons. The maximum absolute atomic E-state index is 5.95. The van der Waals surface area contributed by atoms with E-state index in [0.29, 0.717) is 12.0 Å². The maximum atomic E-state index is 5.95. The number of hydrogen-bond donors (Lipinski definition) is 1. The van der Waals surface area contributed by atoms with Crippen LogP contribution in [0, 0.1) is 11.8 Å². The summed E-state index contributed by atoms with van der Waals surface area (Å²) in [6.07, 6.45) is 3.71. The summed E-state index contributed by atoms with van der Waals surface area (Å²) in [6.45, 7) is 3.14. The van der Waals surface area contributed by atoms with Gasteiger partial charge in [0, 0.05) is 13.2 Å². The molecule has 0 aromatic carbocycles. The summed E-state index contributed by atoms with van der Waals surface area (Å²) in [5.41, 5.74) is 5.95. The Hall–Kier alpha value is -0.0800. The SMILES string of the molecule is COCC1CC(C)CCC1N. The van der Waals surface area contributed by atoms with Crippen LogP contribution in [-0.2, 0) is 4.74 Å². The van der Waals surface area contributed by atoms with Crippen molar-refractivity contribution in [2.24, 2.45) is 17.6 Å². The Morgan fingerprint density at radius 2 is 2.18 bits per heavy atom. The zero-order valence-electron chi connectivity index (χ0n) is 7.55. The molecule has 0 radical (unpaired) electrons. The van der Waals surface area contributed by atoms with Crippen LogP contribution < -0.4 is 5.73 Å². The highest BCUT2D eigenvalue weighted by Crippen LogP contribution is 2.27. The van der Waals surface area contributed by atoms with Gasteiger partial charge in [0.2, 0.25) is 0 Å². The zero-order chi connectivity index (χ0) is 8.27. The van der Waals surface area contributed by atoms with Crippen LogP contribution in [0.3, 0.4) is 0 Å². The largest absolute Gasteiger partial charge is 0.384 e. The van der Waals surface area contributed by atoms with E-state index in [1.54, 1.807) is 7.11 Å². The van der Waals surface area contributed by atoms with Gasteiger partial charge < -0.3 is 10.5 Å². The second kappa shape index (κ2) is 4.07. The van der Waals surface area contributed by atoms with Gasteiger partial charge in [-0.15, -0.1) is 0 Å². The first-order chi connectivity index (χ1) is 5.24. The molecule has 0 aliphatic heterocycles. The summed E-state index contributed by atoms with van der Waals surface area (Å²) < 4.78 is 5.12. The monoisotopic (exact) mass is 157 g/mol. The Morgan fingerprint density at radius 3 is 2.82 bits per heavy atom. The van der Waals surface area contributed by atoms with Gasteiger partial charge in [-0.25, -0.2) is 0 Å². The van der Waals surface area contributed by atoms with Crippen molar-refractivity contribution >= 4 is 0 Å². The minimum atomic E-state index is 0.381. The van der Waals surface area contributed by atoms with E-state index in [0.717, 1.165) is 12.5 Å². The van der Waals surface area contributed by atoms with E-state index in [1.807, 2.05) is 0 Å². The van der Waals surface area contributed by atoms with Gasteiger partial charge in [0.15, 0.2) is 0 Å². The molecule has 1 aliphatic rings. The van der Waals surface area contributed by atoms with Gasteiger partial charge in [-0.2, -0.15) is 0 Å². The highest BCUT2D eigenvalue weighted by Gasteiger charge is 2.25. The maximum Gasteiger partial charge on any atom is 0.0505 e. The van der Waals surface area contributed by atoms with Crippen molar-refractivity contribution < 1.29 is 4.74 Å². The van der Waals surface area contributed by atoms with Gasteiger partial charge in [0.1, 0.15) is 0 Å². The highest BCUT2D eigenvalue weighted by atomic mass is 16.5. The molecule has 3 atom stereocenters. The second-order valence-corrected chi connectivity index (χ2v) is 3.80. The van der Waals surface area contributed by atoms with Crippen molar-refractivity contribution in [1.82, 2.24) is 0 Å². The van der Waals surface area contributed by atoms with Gasteiger partial charge in [-0.3, -0.25) is 0 Å². The average Bonchev–Trinajstić information content (AvgIpc) is 1.98. The van der Waals surface area contributed by atoms with E-state index in [9.17, 15) is 0 Å². The molecule has 0 heterocycles. The molecule has 2 heteroatoms. The van der Waals surface area contributed by atoms with E-state index < -0.39 is 0 Å². The molecule has 1 aliphatic carbocycles. The summed E-state index contributed by atoms with van der Waals surface area (Å²) in [4.78, 5) is 0. The Balaban J connectivity index is 2.34. The van der Waals surface area contributed by atoms with Crippen LogP contribution >= 0.6 is 0 Å². The lowest BCUT2D eigenvalue weighted by Gasteiger charge is -2.31. The summed E-state index contributed by atoms with van der Waals surface area (Å²) in [5.74, 6) is 1.44. The van der Waals surface area contributed by atoms with E-state index in [2.05, 4.69) is 6.92 Å². The van der Waals surface area contributed by atoms with Crippen molar-refractivity contribution in [2.45, 2.75) is 32.2 Å². The van der Waals surface area contributed by atoms with Gasteiger partial charge >= 0.3 is 0 Å². The smallest absolute Gasteiger partial charge is 0.0505 e. The molecule has 0 aromatic rings. The van der Waals surface area contributed by atoms with Crippen LogP contribution in [0.25, 0.3) is 0 Å². The van der Waals surface area contributed by atoms with E-state index >= 15 is 0 Å². The lowest BCUT2D eigenvalue weighted by molar-refractivity contribution is 0.104. The van der Waals surface area contributed by atoms with Crippen LogP contribution in [0.2, 0.25) is 0 Å². The van der Waals surface area contributed by atoms with E-state index in [4.69, 9.17) is 10.5 Å². The minimum Gasteiger partial charge on any atom is -0.384 e. The molecule has 2 N–H and O–H groups in total. The van der Waals surface area contributed by atoms with Crippen LogP contribution in [-0.4, -0.2) is 19.8 Å². The topological polar surface area (TPSA) is 35.2 Å². The zero-order valence-corrected chi connectivity index (χ0v) is 7.55. The Bertz CT molecular complexity index is 116. The second-order valence-electron chi connectivity index (χ2n) is 3.80. The molecule has 1 fully saturated rings. The van der Waals surface area contributed by atoms with Crippen LogP contribution in [0.1, 0.15) is 26.2 Å². The van der Waals surface area contributed by atoms with Crippen molar-refractivity contribution in [2.75, 3.05) is 13.7 Å². The Morgan fingerprint density at radius 1 is 1.45 bits per heavy atom. The quantitative estimate of drug-likeness (QED) is 0.657. The fraction of sp³-hybridized carbons (Fsp3) is 1.00. The molecule has 0 saturated heterocycles. The summed E-state index contributed by atoms with van der Waals surface area (Å²) in [5, 5.41) is 0. The fourth-order valence-electron chi connectivity index (χ4n) is 1.93. The molecule has 3 unspecified atom stereocenters. The van der Waals surface area contributed by atoms with Gasteiger partial charge in [-0.1, -0.05) is 6.92 Å². The third kappa shape index (κ3) is 2.46. The molecule has 0 amide bonds. The summed E-state index contributed by atoms with van der Waals surface area (Å²) in [7, 11) is 1.76. The number of rotatable bonds is 2. The molecule has 2 nitrogen and oxygen atoms in total.